The highest BCUT2D eigenvalue weighted by atomic mass is 19.4. The van der Waals surface area contributed by atoms with Crippen molar-refractivity contribution in [2.75, 3.05) is 23.8 Å². The van der Waals surface area contributed by atoms with Gasteiger partial charge >= 0.3 is 6.18 Å². The van der Waals surface area contributed by atoms with Gasteiger partial charge in [0.05, 0.1) is 0 Å². The molecule has 0 aliphatic carbocycles. The Bertz CT molecular complexity index is 363. The van der Waals surface area contributed by atoms with Crippen molar-refractivity contribution in [3.63, 3.8) is 0 Å². The average molecular weight is 247 g/mol. The highest BCUT2D eigenvalue weighted by molar-refractivity contribution is 5.54. The van der Waals surface area contributed by atoms with Gasteiger partial charge in [-0.3, -0.25) is 0 Å². The van der Waals surface area contributed by atoms with E-state index in [1.165, 1.54) is 11.1 Å². The standard InChI is InChI=1S/C11H16F3N3/c1-8(2)17(7-11(12,13)14)9-4-5-16-10(6-9)15-3/h4-6,8H,7H2,1-3H3,(H,15,16). The fraction of sp³-hybridized carbons (Fsp3) is 0.545. The van der Waals surface area contributed by atoms with Gasteiger partial charge in [0.25, 0.3) is 0 Å². The molecular weight excluding hydrogens is 231 g/mol. The average Bonchev–Trinajstić information content (AvgIpc) is 2.24. The number of anilines is 2. The number of rotatable bonds is 4. The maximum Gasteiger partial charge on any atom is 0.405 e. The van der Waals surface area contributed by atoms with E-state index in [0.717, 1.165) is 0 Å². The van der Waals surface area contributed by atoms with Crippen molar-refractivity contribution in [2.45, 2.75) is 26.1 Å². The van der Waals surface area contributed by atoms with Crippen LogP contribution in [0, 0.1) is 0 Å². The number of aromatic nitrogens is 1. The molecule has 1 rings (SSSR count). The van der Waals surface area contributed by atoms with Crippen LogP contribution in [0.5, 0.6) is 0 Å². The number of nitrogens with zero attached hydrogens (tertiary/aromatic N) is 2. The first kappa shape index (κ1) is 13.6. The summed E-state index contributed by atoms with van der Waals surface area (Å²) in [6.07, 6.45) is -2.72. The van der Waals surface area contributed by atoms with Gasteiger partial charge in [0.15, 0.2) is 0 Å². The normalized spacial score (nSPS) is 11.7. The summed E-state index contributed by atoms with van der Waals surface area (Å²) >= 11 is 0. The Balaban J connectivity index is 2.97. The van der Waals surface area contributed by atoms with E-state index in [4.69, 9.17) is 0 Å². The maximum absolute atomic E-state index is 12.5. The van der Waals surface area contributed by atoms with Crippen LogP contribution in [0.4, 0.5) is 24.7 Å². The molecule has 0 spiro atoms. The molecule has 1 heterocycles. The molecule has 0 saturated heterocycles. The number of halogens is 3. The van der Waals surface area contributed by atoms with Crippen molar-refractivity contribution in [1.29, 1.82) is 0 Å². The maximum atomic E-state index is 12.5. The third-order valence-electron chi connectivity index (χ3n) is 2.30. The van der Waals surface area contributed by atoms with Gasteiger partial charge < -0.3 is 10.2 Å². The lowest BCUT2D eigenvalue weighted by atomic mass is 10.2. The van der Waals surface area contributed by atoms with Crippen LogP contribution in [-0.2, 0) is 0 Å². The number of alkyl halides is 3. The van der Waals surface area contributed by atoms with Crippen molar-refractivity contribution in [2.24, 2.45) is 0 Å². The Morgan fingerprint density at radius 2 is 2.06 bits per heavy atom. The number of nitrogens with one attached hydrogen (secondary N) is 1. The van der Waals surface area contributed by atoms with E-state index >= 15 is 0 Å². The fourth-order valence-corrected chi connectivity index (χ4v) is 1.50. The zero-order valence-corrected chi connectivity index (χ0v) is 10.0. The zero-order valence-electron chi connectivity index (χ0n) is 10.0. The predicted molar refractivity (Wildman–Crippen MR) is 62.3 cm³/mol. The lowest BCUT2D eigenvalue weighted by Crippen LogP contribution is -2.39. The van der Waals surface area contributed by atoms with Crippen LogP contribution in [0.2, 0.25) is 0 Å². The Kier molecular flexibility index (Phi) is 4.20. The molecule has 1 N–H and O–H groups in total. The summed E-state index contributed by atoms with van der Waals surface area (Å²) < 4.78 is 37.4. The van der Waals surface area contributed by atoms with Gasteiger partial charge in [0, 0.05) is 31.0 Å². The predicted octanol–water partition coefficient (Wildman–Crippen LogP) is 2.90. The van der Waals surface area contributed by atoms with Gasteiger partial charge in [0.1, 0.15) is 12.4 Å². The Labute approximate surface area is 98.6 Å². The van der Waals surface area contributed by atoms with Crippen LogP contribution in [-0.4, -0.2) is 30.8 Å². The Morgan fingerprint density at radius 1 is 1.41 bits per heavy atom. The molecule has 0 bridgehead atoms. The van der Waals surface area contributed by atoms with E-state index in [-0.39, 0.29) is 6.04 Å². The SMILES string of the molecule is CNc1cc(N(CC(F)(F)F)C(C)C)ccn1. The molecule has 6 heteroatoms. The van der Waals surface area contributed by atoms with Gasteiger partial charge in [-0.15, -0.1) is 0 Å². The largest absolute Gasteiger partial charge is 0.405 e. The lowest BCUT2D eigenvalue weighted by Gasteiger charge is -2.30. The van der Waals surface area contributed by atoms with Gasteiger partial charge in [-0.25, -0.2) is 4.98 Å². The van der Waals surface area contributed by atoms with Crippen molar-refractivity contribution in [3.8, 4) is 0 Å². The monoisotopic (exact) mass is 247 g/mol. The lowest BCUT2D eigenvalue weighted by molar-refractivity contribution is -0.120. The third kappa shape index (κ3) is 4.13. The Hall–Kier alpha value is -1.46. The molecule has 0 radical (unpaired) electrons. The second-order valence-electron chi connectivity index (χ2n) is 3.99. The van der Waals surface area contributed by atoms with Crippen molar-refractivity contribution >= 4 is 11.5 Å². The van der Waals surface area contributed by atoms with Crippen LogP contribution < -0.4 is 10.2 Å². The van der Waals surface area contributed by atoms with Gasteiger partial charge in [-0.05, 0) is 19.9 Å². The van der Waals surface area contributed by atoms with Crippen LogP contribution >= 0.6 is 0 Å². The van der Waals surface area contributed by atoms with Gasteiger partial charge in [0.2, 0.25) is 0 Å². The summed E-state index contributed by atoms with van der Waals surface area (Å²) in [4.78, 5) is 5.27. The molecule has 96 valence electrons. The van der Waals surface area contributed by atoms with E-state index < -0.39 is 12.7 Å². The summed E-state index contributed by atoms with van der Waals surface area (Å²) in [6, 6.07) is 2.95. The van der Waals surface area contributed by atoms with E-state index in [0.29, 0.717) is 11.5 Å². The van der Waals surface area contributed by atoms with Crippen LogP contribution in [0.3, 0.4) is 0 Å². The zero-order chi connectivity index (χ0) is 13.1. The highest BCUT2D eigenvalue weighted by Crippen LogP contribution is 2.25. The summed E-state index contributed by atoms with van der Waals surface area (Å²) in [6.45, 7) is 2.49. The van der Waals surface area contributed by atoms with E-state index in [9.17, 15) is 13.2 Å². The molecule has 0 unspecified atom stereocenters. The molecule has 0 atom stereocenters. The summed E-state index contributed by atoms with van der Waals surface area (Å²) in [5.74, 6) is 0.551. The molecule has 1 aromatic heterocycles. The molecule has 0 fully saturated rings. The van der Waals surface area contributed by atoms with Crippen LogP contribution in [0.25, 0.3) is 0 Å². The molecule has 0 saturated carbocycles. The van der Waals surface area contributed by atoms with Crippen molar-refractivity contribution < 1.29 is 13.2 Å². The summed E-state index contributed by atoms with van der Waals surface area (Å²) in [7, 11) is 1.68. The minimum Gasteiger partial charge on any atom is -0.373 e. The van der Waals surface area contributed by atoms with E-state index in [1.54, 1.807) is 33.0 Å². The van der Waals surface area contributed by atoms with Gasteiger partial charge in [-0.2, -0.15) is 13.2 Å². The fourth-order valence-electron chi connectivity index (χ4n) is 1.50. The molecule has 3 nitrogen and oxygen atoms in total. The van der Waals surface area contributed by atoms with Crippen LogP contribution in [0.15, 0.2) is 18.3 Å². The third-order valence-corrected chi connectivity index (χ3v) is 2.30. The highest BCUT2D eigenvalue weighted by Gasteiger charge is 2.32. The molecule has 17 heavy (non-hydrogen) atoms. The second-order valence-corrected chi connectivity index (χ2v) is 3.99. The van der Waals surface area contributed by atoms with Gasteiger partial charge in [-0.1, -0.05) is 0 Å². The molecule has 0 aromatic carbocycles. The molecular formula is C11H16F3N3. The molecule has 0 aliphatic rings. The molecule has 0 aliphatic heterocycles. The van der Waals surface area contributed by atoms with Crippen LogP contribution in [0.1, 0.15) is 13.8 Å². The number of hydrogen-bond acceptors (Lipinski definition) is 3. The first-order valence-electron chi connectivity index (χ1n) is 5.30. The topological polar surface area (TPSA) is 28.2 Å². The summed E-state index contributed by atoms with van der Waals surface area (Å²) in [5.41, 5.74) is 0.511. The Morgan fingerprint density at radius 3 is 2.53 bits per heavy atom. The second kappa shape index (κ2) is 5.25. The molecule has 0 amide bonds. The quantitative estimate of drug-likeness (QED) is 0.886. The van der Waals surface area contributed by atoms with E-state index in [1.807, 2.05) is 0 Å². The first-order chi connectivity index (χ1) is 7.83. The smallest absolute Gasteiger partial charge is 0.373 e. The first-order valence-corrected chi connectivity index (χ1v) is 5.30. The number of pyridine rings is 1. The van der Waals surface area contributed by atoms with Crippen molar-refractivity contribution in [3.05, 3.63) is 18.3 Å². The van der Waals surface area contributed by atoms with E-state index in [2.05, 4.69) is 10.3 Å². The number of hydrogen-bond donors (Lipinski definition) is 1. The summed E-state index contributed by atoms with van der Waals surface area (Å²) in [5, 5.41) is 2.80. The van der Waals surface area contributed by atoms with Crippen molar-refractivity contribution in [1.82, 2.24) is 4.98 Å². The molecule has 1 aromatic rings. The minimum atomic E-state index is -4.21. The minimum absolute atomic E-state index is 0.233.